The molecular weight excluding hydrogens is 360 g/mol. The lowest BCUT2D eigenvalue weighted by Gasteiger charge is -2.33. The van der Waals surface area contributed by atoms with Crippen molar-refractivity contribution in [2.24, 2.45) is 0 Å². The highest BCUT2D eigenvalue weighted by atomic mass is 16.6. The Morgan fingerprint density at radius 1 is 1.21 bits per heavy atom. The van der Waals surface area contributed by atoms with E-state index < -0.39 is 0 Å². The van der Waals surface area contributed by atoms with Crippen LogP contribution in [0.1, 0.15) is 22.8 Å². The number of nitrogens with zero attached hydrogens (tertiary/aromatic N) is 5. The van der Waals surface area contributed by atoms with Gasteiger partial charge in [-0.05, 0) is 25.1 Å². The highest BCUT2D eigenvalue weighted by molar-refractivity contribution is 6.03. The molecule has 0 spiro atoms. The Morgan fingerprint density at radius 2 is 1.93 bits per heavy atom. The molecule has 0 unspecified atom stereocenters. The van der Waals surface area contributed by atoms with Crippen LogP contribution in [0.2, 0.25) is 0 Å². The number of aromatic nitrogens is 2. The lowest BCUT2D eigenvalue weighted by molar-refractivity contribution is 0.102. The highest BCUT2D eigenvalue weighted by Gasteiger charge is 2.23. The van der Waals surface area contributed by atoms with E-state index in [0.717, 1.165) is 0 Å². The van der Waals surface area contributed by atoms with Crippen LogP contribution in [0.4, 0.5) is 16.4 Å². The lowest BCUT2D eigenvalue weighted by Crippen LogP contribution is -2.49. The fraction of sp³-hybridized carbons (Fsp3) is 0.316. The minimum absolute atomic E-state index is 0.310. The molecule has 0 bridgehead atoms. The number of ether oxygens (including phenoxy) is 1. The van der Waals surface area contributed by atoms with E-state index in [4.69, 9.17) is 10.00 Å². The summed E-state index contributed by atoms with van der Waals surface area (Å²) in [6.07, 6.45) is 2.61. The number of benzene rings is 1. The zero-order valence-corrected chi connectivity index (χ0v) is 15.5. The third-order valence-electron chi connectivity index (χ3n) is 4.24. The van der Waals surface area contributed by atoms with E-state index in [9.17, 15) is 9.59 Å². The van der Waals surface area contributed by atoms with Gasteiger partial charge in [0, 0.05) is 44.3 Å². The number of nitrogens with one attached hydrogen (secondary N) is 1. The number of amides is 2. The van der Waals surface area contributed by atoms with Crippen LogP contribution in [0.3, 0.4) is 0 Å². The molecule has 1 aromatic heterocycles. The molecule has 1 saturated heterocycles. The number of nitriles is 1. The molecule has 9 heteroatoms. The van der Waals surface area contributed by atoms with Crippen LogP contribution in [0.5, 0.6) is 0 Å². The van der Waals surface area contributed by atoms with Crippen LogP contribution >= 0.6 is 0 Å². The maximum atomic E-state index is 12.3. The van der Waals surface area contributed by atoms with Crippen LogP contribution in [0, 0.1) is 11.3 Å². The van der Waals surface area contributed by atoms with Gasteiger partial charge in [-0.1, -0.05) is 6.07 Å². The van der Waals surface area contributed by atoms with Crippen LogP contribution < -0.4 is 10.2 Å². The van der Waals surface area contributed by atoms with Crippen molar-refractivity contribution in [3.63, 3.8) is 0 Å². The van der Waals surface area contributed by atoms with Crippen molar-refractivity contribution in [1.82, 2.24) is 14.9 Å². The van der Waals surface area contributed by atoms with Gasteiger partial charge < -0.3 is 19.9 Å². The average molecular weight is 380 g/mol. The largest absolute Gasteiger partial charge is 0.450 e. The summed E-state index contributed by atoms with van der Waals surface area (Å²) in [6.45, 7) is 4.36. The molecule has 2 amide bonds. The van der Waals surface area contributed by atoms with Crippen LogP contribution in [-0.4, -0.2) is 59.7 Å². The van der Waals surface area contributed by atoms with Gasteiger partial charge in [0.05, 0.1) is 23.8 Å². The quantitative estimate of drug-likeness (QED) is 0.862. The maximum absolute atomic E-state index is 12.3. The Hall–Kier alpha value is -3.67. The second-order valence-corrected chi connectivity index (χ2v) is 6.09. The van der Waals surface area contributed by atoms with Crippen molar-refractivity contribution >= 4 is 23.6 Å². The normalized spacial score (nSPS) is 13.6. The smallest absolute Gasteiger partial charge is 0.409 e. The fourth-order valence-electron chi connectivity index (χ4n) is 2.78. The molecule has 1 fully saturated rings. The van der Waals surface area contributed by atoms with Gasteiger partial charge in [0.2, 0.25) is 5.95 Å². The highest BCUT2D eigenvalue weighted by Crippen LogP contribution is 2.14. The topological polar surface area (TPSA) is 111 Å². The molecule has 0 radical (unpaired) electrons. The first kappa shape index (κ1) is 19.1. The molecule has 144 valence electrons. The molecule has 1 aromatic carbocycles. The zero-order chi connectivity index (χ0) is 19.9. The minimum atomic E-state index is -0.353. The Bertz CT molecular complexity index is 885. The van der Waals surface area contributed by atoms with Gasteiger partial charge in [-0.2, -0.15) is 5.26 Å². The molecule has 0 aliphatic carbocycles. The molecule has 2 heterocycles. The van der Waals surface area contributed by atoms with Crippen LogP contribution in [0.25, 0.3) is 0 Å². The summed E-state index contributed by atoms with van der Waals surface area (Å²) >= 11 is 0. The molecule has 0 atom stereocenters. The predicted molar refractivity (Wildman–Crippen MR) is 102 cm³/mol. The molecule has 1 aliphatic heterocycles. The number of anilines is 2. The van der Waals surface area contributed by atoms with Crippen LogP contribution in [0.15, 0.2) is 36.7 Å². The monoisotopic (exact) mass is 380 g/mol. The van der Waals surface area contributed by atoms with E-state index in [2.05, 4.69) is 15.3 Å². The molecular formula is C19H20N6O3. The van der Waals surface area contributed by atoms with Crippen molar-refractivity contribution in [1.29, 1.82) is 5.26 Å². The van der Waals surface area contributed by atoms with E-state index >= 15 is 0 Å². The van der Waals surface area contributed by atoms with Gasteiger partial charge in [-0.25, -0.2) is 14.8 Å². The summed E-state index contributed by atoms with van der Waals surface area (Å²) in [5.41, 5.74) is 1.31. The lowest BCUT2D eigenvalue weighted by atomic mass is 10.2. The van der Waals surface area contributed by atoms with Crippen molar-refractivity contribution in [2.45, 2.75) is 6.92 Å². The zero-order valence-electron chi connectivity index (χ0n) is 15.5. The number of hydrogen-bond acceptors (Lipinski definition) is 7. The predicted octanol–water partition coefficient (Wildman–Crippen LogP) is 1.88. The van der Waals surface area contributed by atoms with Crippen molar-refractivity contribution < 1.29 is 14.3 Å². The van der Waals surface area contributed by atoms with E-state index in [1.165, 1.54) is 12.4 Å². The summed E-state index contributed by atoms with van der Waals surface area (Å²) in [7, 11) is 0. The molecule has 0 saturated carbocycles. The third-order valence-corrected chi connectivity index (χ3v) is 4.24. The first-order chi connectivity index (χ1) is 13.6. The Morgan fingerprint density at radius 3 is 2.57 bits per heavy atom. The second-order valence-electron chi connectivity index (χ2n) is 6.09. The van der Waals surface area contributed by atoms with E-state index in [1.807, 2.05) is 11.0 Å². The van der Waals surface area contributed by atoms with Gasteiger partial charge in [0.15, 0.2) is 0 Å². The van der Waals surface area contributed by atoms with E-state index in [1.54, 1.807) is 36.1 Å². The number of piperazine rings is 1. The first-order valence-corrected chi connectivity index (χ1v) is 8.91. The third kappa shape index (κ3) is 4.54. The van der Waals surface area contributed by atoms with Gasteiger partial charge in [0.1, 0.15) is 0 Å². The molecule has 3 rings (SSSR count). The molecule has 1 N–H and O–H groups in total. The van der Waals surface area contributed by atoms with Crippen molar-refractivity contribution in [2.75, 3.05) is 43.0 Å². The van der Waals surface area contributed by atoms with E-state index in [0.29, 0.717) is 55.5 Å². The second kappa shape index (κ2) is 8.81. The number of rotatable bonds is 4. The summed E-state index contributed by atoms with van der Waals surface area (Å²) in [5.74, 6) is 0.153. The summed E-state index contributed by atoms with van der Waals surface area (Å²) in [5, 5.41) is 11.6. The SMILES string of the molecule is CCOC(=O)N1CCN(c2ncc(C(=O)Nc3cccc(C#N)c3)cn2)CC1. The minimum Gasteiger partial charge on any atom is -0.450 e. The van der Waals surface area contributed by atoms with Gasteiger partial charge in [-0.15, -0.1) is 0 Å². The van der Waals surface area contributed by atoms with Gasteiger partial charge >= 0.3 is 6.09 Å². The molecule has 1 aliphatic rings. The summed E-state index contributed by atoms with van der Waals surface area (Å²) < 4.78 is 5.00. The number of carbonyl (C=O) groups is 2. The molecule has 28 heavy (non-hydrogen) atoms. The van der Waals surface area contributed by atoms with Crippen molar-refractivity contribution in [3.8, 4) is 6.07 Å². The Balaban J connectivity index is 1.58. The van der Waals surface area contributed by atoms with Gasteiger partial charge in [0.25, 0.3) is 5.91 Å². The maximum Gasteiger partial charge on any atom is 0.409 e. The average Bonchev–Trinajstić information content (AvgIpc) is 2.74. The van der Waals surface area contributed by atoms with Gasteiger partial charge in [-0.3, -0.25) is 4.79 Å². The molecule has 9 nitrogen and oxygen atoms in total. The summed E-state index contributed by atoms with van der Waals surface area (Å²) in [4.78, 5) is 36.2. The first-order valence-electron chi connectivity index (χ1n) is 8.91. The fourth-order valence-corrected chi connectivity index (χ4v) is 2.78. The Kier molecular flexibility index (Phi) is 6.01. The van der Waals surface area contributed by atoms with E-state index in [-0.39, 0.29) is 12.0 Å². The summed E-state index contributed by atoms with van der Waals surface area (Å²) in [6, 6.07) is 8.69. The number of hydrogen-bond donors (Lipinski definition) is 1. The Labute approximate surface area is 162 Å². The van der Waals surface area contributed by atoms with Crippen LogP contribution in [-0.2, 0) is 4.74 Å². The standard InChI is InChI=1S/C19H20N6O3/c1-2-28-19(27)25-8-6-24(7-9-25)18-21-12-15(13-22-18)17(26)23-16-5-3-4-14(10-16)11-20/h3-5,10,12-13H,2,6-9H2,1H3,(H,23,26). The van der Waals surface area contributed by atoms with Crippen molar-refractivity contribution in [3.05, 3.63) is 47.8 Å². The number of carbonyl (C=O) groups excluding carboxylic acids is 2. The molecule has 2 aromatic rings.